The molecule has 1 saturated heterocycles. The van der Waals surface area contributed by atoms with Gasteiger partial charge in [-0.05, 0) is 37.5 Å². The minimum atomic E-state index is -0.0801. The highest BCUT2D eigenvalue weighted by atomic mass is 35.5. The molecule has 1 heterocycles. The Bertz CT molecular complexity index is 510. The van der Waals surface area contributed by atoms with E-state index in [0.717, 1.165) is 12.0 Å². The second-order valence-corrected chi connectivity index (χ2v) is 6.42. The third-order valence-corrected chi connectivity index (χ3v) is 4.33. The van der Waals surface area contributed by atoms with Gasteiger partial charge in [-0.25, -0.2) is 4.79 Å². The Balaban J connectivity index is 1.86. The van der Waals surface area contributed by atoms with Gasteiger partial charge in [0.15, 0.2) is 0 Å². The second-order valence-electron chi connectivity index (χ2n) is 5.57. The van der Waals surface area contributed by atoms with E-state index >= 15 is 0 Å². The molecule has 2 amide bonds. The molecule has 1 fully saturated rings. The quantitative estimate of drug-likeness (QED) is 0.891. The van der Waals surface area contributed by atoms with Gasteiger partial charge in [0, 0.05) is 41.7 Å². The van der Waals surface area contributed by atoms with Gasteiger partial charge in [0.25, 0.3) is 0 Å². The molecule has 1 aliphatic heterocycles. The number of urea groups is 1. The molecule has 116 valence electrons. The topological polar surface area (TPSA) is 52.6 Å². The van der Waals surface area contributed by atoms with Gasteiger partial charge in [-0.2, -0.15) is 0 Å². The SMILES string of the molecule is CC(Cc1ccc(Cl)cc1Cl)NC(=O)N1CCC(CO)C1. The number of rotatable bonds is 4. The summed E-state index contributed by atoms with van der Waals surface area (Å²) in [7, 11) is 0. The molecule has 0 radical (unpaired) electrons. The highest BCUT2D eigenvalue weighted by Gasteiger charge is 2.26. The standard InChI is InChI=1S/C15H20Cl2N2O2/c1-10(6-12-2-3-13(16)7-14(12)17)18-15(21)19-5-4-11(8-19)9-20/h2-3,7,10-11,20H,4-6,8-9H2,1H3,(H,18,21). The van der Waals surface area contributed by atoms with Crippen LogP contribution in [0.3, 0.4) is 0 Å². The van der Waals surface area contributed by atoms with Crippen molar-refractivity contribution in [2.45, 2.75) is 25.8 Å². The van der Waals surface area contributed by atoms with Gasteiger partial charge in [0.05, 0.1) is 0 Å². The average Bonchev–Trinajstić information content (AvgIpc) is 2.91. The number of amides is 2. The Kier molecular flexibility index (Phi) is 5.73. The molecule has 1 aliphatic rings. The third kappa shape index (κ3) is 4.50. The normalized spacial score (nSPS) is 19.6. The van der Waals surface area contributed by atoms with Gasteiger partial charge < -0.3 is 15.3 Å². The molecule has 0 spiro atoms. The average molecular weight is 331 g/mol. The smallest absolute Gasteiger partial charge is 0.317 e. The van der Waals surface area contributed by atoms with Crippen molar-refractivity contribution in [3.8, 4) is 0 Å². The Labute approximate surface area is 135 Å². The first kappa shape index (κ1) is 16.4. The first-order valence-corrected chi connectivity index (χ1v) is 7.85. The number of benzene rings is 1. The monoisotopic (exact) mass is 330 g/mol. The summed E-state index contributed by atoms with van der Waals surface area (Å²) in [5.74, 6) is 0.205. The van der Waals surface area contributed by atoms with Gasteiger partial charge in [0.2, 0.25) is 0 Å². The van der Waals surface area contributed by atoms with Crippen LogP contribution in [0.25, 0.3) is 0 Å². The molecule has 2 unspecified atom stereocenters. The van der Waals surface area contributed by atoms with Crippen LogP contribution in [0.4, 0.5) is 4.79 Å². The van der Waals surface area contributed by atoms with Crippen molar-refractivity contribution in [1.29, 1.82) is 0 Å². The Morgan fingerprint density at radius 2 is 2.29 bits per heavy atom. The summed E-state index contributed by atoms with van der Waals surface area (Å²) < 4.78 is 0. The molecule has 1 aromatic rings. The van der Waals surface area contributed by atoms with Crippen LogP contribution in [0.15, 0.2) is 18.2 Å². The summed E-state index contributed by atoms with van der Waals surface area (Å²) >= 11 is 12.0. The van der Waals surface area contributed by atoms with E-state index in [0.29, 0.717) is 29.6 Å². The van der Waals surface area contributed by atoms with Gasteiger partial charge in [0.1, 0.15) is 0 Å². The summed E-state index contributed by atoms with van der Waals surface area (Å²) in [5, 5.41) is 13.3. The Morgan fingerprint density at radius 3 is 2.90 bits per heavy atom. The van der Waals surface area contributed by atoms with Crippen molar-refractivity contribution < 1.29 is 9.90 Å². The summed E-state index contributed by atoms with van der Waals surface area (Å²) in [6.07, 6.45) is 1.51. The van der Waals surface area contributed by atoms with E-state index in [4.69, 9.17) is 28.3 Å². The minimum absolute atomic E-state index is 0.0237. The van der Waals surface area contributed by atoms with E-state index in [-0.39, 0.29) is 24.6 Å². The number of hydrogen-bond donors (Lipinski definition) is 2. The van der Waals surface area contributed by atoms with Crippen LogP contribution < -0.4 is 5.32 Å². The molecule has 0 aliphatic carbocycles. The first-order valence-electron chi connectivity index (χ1n) is 7.09. The largest absolute Gasteiger partial charge is 0.396 e. The lowest BCUT2D eigenvalue weighted by Gasteiger charge is -2.21. The number of likely N-dealkylation sites (tertiary alicyclic amines) is 1. The van der Waals surface area contributed by atoms with E-state index in [1.807, 2.05) is 13.0 Å². The molecule has 2 rings (SSSR count). The van der Waals surface area contributed by atoms with Gasteiger partial charge in [-0.3, -0.25) is 0 Å². The molecule has 21 heavy (non-hydrogen) atoms. The van der Waals surface area contributed by atoms with E-state index in [2.05, 4.69) is 5.32 Å². The molecular formula is C15H20Cl2N2O2. The molecule has 0 bridgehead atoms. The number of hydrogen-bond acceptors (Lipinski definition) is 2. The summed E-state index contributed by atoms with van der Waals surface area (Å²) in [5.41, 5.74) is 0.962. The molecule has 2 atom stereocenters. The van der Waals surface area contributed by atoms with Crippen molar-refractivity contribution >= 4 is 29.2 Å². The minimum Gasteiger partial charge on any atom is -0.396 e. The summed E-state index contributed by atoms with van der Waals surface area (Å²) in [4.78, 5) is 13.9. The van der Waals surface area contributed by atoms with Crippen molar-refractivity contribution in [3.05, 3.63) is 33.8 Å². The fourth-order valence-electron chi connectivity index (χ4n) is 2.54. The van der Waals surface area contributed by atoms with Crippen molar-refractivity contribution in [3.63, 3.8) is 0 Å². The van der Waals surface area contributed by atoms with Gasteiger partial charge >= 0.3 is 6.03 Å². The highest BCUT2D eigenvalue weighted by Crippen LogP contribution is 2.22. The molecule has 6 heteroatoms. The maximum absolute atomic E-state index is 12.1. The summed E-state index contributed by atoms with van der Waals surface area (Å²) in [6.45, 7) is 3.41. The van der Waals surface area contributed by atoms with Crippen LogP contribution in [0.5, 0.6) is 0 Å². The number of carbonyl (C=O) groups is 1. The zero-order chi connectivity index (χ0) is 15.4. The third-order valence-electron chi connectivity index (χ3n) is 3.74. The number of carbonyl (C=O) groups excluding carboxylic acids is 1. The maximum Gasteiger partial charge on any atom is 0.317 e. The predicted molar refractivity (Wildman–Crippen MR) is 84.9 cm³/mol. The molecule has 0 saturated carbocycles. The van der Waals surface area contributed by atoms with E-state index in [1.165, 1.54) is 0 Å². The fourth-order valence-corrected chi connectivity index (χ4v) is 3.02. The molecule has 4 nitrogen and oxygen atoms in total. The zero-order valence-electron chi connectivity index (χ0n) is 12.0. The Morgan fingerprint density at radius 1 is 1.52 bits per heavy atom. The summed E-state index contributed by atoms with van der Waals surface area (Å²) in [6, 6.07) is 5.28. The number of halogens is 2. The number of aliphatic hydroxyl groups is 1. The fraction of sp³-hybridized carbons (Fsp3) is 0.533. The number of aliphatic hydroxyl groups excluding tert-OH is 1. The number of nitrogens with zero attached hydrogens (tertiary/aromatic N) is 1. The van der Waals surface area contributed by atoms with Crippen LogP contribution in [0, 0.1) is 5.92 Å². The van der Waals surface area contributed by atoms with Crippen molar-refractivity contribution in [2.75, 3.05) is 19.7 Å². The molecule has 2 N–H and O–H groups in total. The molecular weight excluding hydrogens is 311 g/mol. The number of nitrogens with one attached hydrogen (secondary N) is 1. The Hall–Kier alpha value is -0.970. The van der Waals surface area contributed by atoms with Crippen molar-refractivity contribution in [2.24, 2.45) is 5.92 Å². The first-order chi connectivity index (χ1) is 9.99. The predicted octanol–water partition coefficient (Wildman–Crippen LogP) is 2.95. The van der Waals surface area contributed by atoms with Crippen LogP contribution in [0.1, 0.15) is 18.9 Å². The lowest BCUT2D eigenvalue weighted by Crippen LogP contribution is -2.43. The van der Waals surface area contributed by atoms with E-state index in [1.54, 1.807) is 17.0 Å². The van der Waals surface area contributed by atoms with Gasteiger partial charge in [-0.1, -0.05) is 29.3 Å². The van der Waals surface area contributed by atoms with Gasteiger partial charge in [-0.15, -0.1) is 0 Å². The van der Waals surface area contributed by atoms with E-state index < -0.39 is 0 Å². The zero-order valence-corrected chi connectivity index (χ0v) is 13.5. The van der Waals surface area contributed by atoms with Crippen molar-refractivity contribution in [1.82, 2.24) is 10.2 Å². The molecule has 1 aromatic carbocycles. The lowest BCUT2D eigenvalue weighted by atomic mass is 10.1. The second kappa shape index (κ2) is 7.34. The van der Waals surface area contributed by atoms with Crippen LogP contribution >= 0.6 is 23.2 Å². The van der Waals surface area contributed by atoms with Crippen LogP contribution in [0.2, 0.25) is 10.0 Å². The maximum atomic E-state index is 12.1. The lowest BCUT2D eigenvalue weighted by molar-refractivity contribution is 0.195. The van der Waals surface area contributed by atoms with E-state index in [9.17, 15) is 4.79 Å². The van der Waals surface area contributed by atoms with Crippen LogP contribution in [-0.2, 0) is 6.42 Å². The van der Waals surface area contributed by atoms with Crippen LogP contribution in [-0.4, -0.2) is 41.8 Å². The molecule has 0 aromatic heterocycles. The highest BCUT2D eigenvalue weighted by molar-refractivity contribution is 6.35.